The number of carbonyl (C=O) groups is 1. The number of amides is 1. The Morgan fingerprint density at radius 1 is 1.26 bits per heavy atom. The number of aryl methyl sites for hydroxylation is 3. The molecule has 0 aromatic carbocycles. The van der Waals surface area contributed by atoms with Crippen molar-refractivity contribution >= 4 is 11.7 Å². The number of aromatic nitrogens is 6. The molecule has 0 saturated carbocycles. The number of likely N-dealkylation sites (tertiary alicyclic amines) is 1. The van der Waals surface area contributed by atoms with Crippen molar-refractivity contribution in [3.63, 3.8) is 0 Å². The van der Waals surface area contributed by atoms with Gasteiger partial charge in [0.1, 0.15) is 0 Å². The van der Waals surface area contributed by atoms with Crippen LogP contribution < -0.4 is 0 Å². The van der Waals surface area contributed by atoms with E-state index in [2.05, 4.69) is 24.6 Å². The molecule has 0 radical (unpaired) electrons. The molecule has 1 amide bonds. The predicted octanol–water partition coefficient (Wildman–Crippen LogP) is 1.95. The van der Waals surface area contributed by atoms with Crippen LogP contribution in [0.3, 0.4) is 0 Å². The number of imidazole rings is 1. The van der Waals surface area contributed by atoms with Crippen molar-refractivity contribution in [1.82, 2.24) is 34.0 Å². The van der Waals surface area contributed by atoms with Gasteiger partial charge in [0.25, 0.3) is 5.78 Å². The Labute approximate surface area is 158 Å². The van der Waals surface area contributed by atoms with Crippen molar-refractivity contribution in [2.45, 2.75) is 58.5 Å². The van der Waals surface area contributed by atoms with E-state index in [9.17, 15) is 4.79 Å². The summed E-state index contributed by atoms with van der Waals surface area (Å²) in [5, 5.41) is 4.48. The Kier molecular flexibility index (Phi) is 4.87. The lowest BCUT2D eigenvalue weighted by molar-refractivity contribution is -0.134. The largest absolute Gasteiger partial charge is 0.339 e. The molecule has 1 atom stereocenters. The average Bonchev–Trinajstić information content (AvgIpc) is 3.29. The number of fused-ring (bicyclic) bond motifs is 1. The second-order valence-corrected chi connectivity index (χ2v) is 7.28. The molecule has 0 bridgehead atoms. The van der Waals surface area contributed by atoms with E-state index in [1.807, 2.05) is 37.3 Å². The second kappa shape index (κ2) is 7.46. The third kappa shape index (κ3) is 3.84. The van der Waals surface area contributed by atoms with Gasteiger partial charge in [-0.05, 0) is 45.6 Å². The molecule has 8 nitrogen and oxygen atoms in total. The highest BCUT2D eigenvalue weighted by Crippen LogP contribution is 2.21. The van der Waals surface area contributed by atoms with Crippen LogP contribution in [0.1, 0.15) is 42.9 Å². The molecular formula is C19H25N7O. The zero-order chi connectivity index (χ0) is 18.8. The van der Waals surface area contributed by atoms with E-state index in [0.717, 1.165) is 43.7 Å². The van der Waals surface area contributed by atoms with E-state index >= 15 is 0 Å². The number of nitrogens with zero attached hydrogens (tertiary/aromatic N) is 7. The van der Waals surface area contributed by atoms with E-state index in [-0.39, 0.29) is 18.4 Å². The molecule has 1 aliphatic heterocycles. The molecule has 0 N–H and O–H groups in total. The first-order chi connectivity index (χ1) is 13.1. The third-order valence-electron chi connectivity index (χ3n) is 5.20. The molecule has 1 saturated heterocycles. The minimum atomic E-state index is 0.107. The van der Waals surface area contributed by atoms with Crippen LogP contribution in [0.2, 0.25) is 0 Å². The lowest BCUT2D eigenvalue weighted by Gasteiger charge is -2.36. The second-order valence-electron chi connectivity index (χ2n) is 7.28. The summed E-state index contributed by atoms with van der Waals surface area (Å²) in [6.07, 6.45) is 10.0. The van der Waals surface area contributed by atoms with Crippen LogP contribution in [0.25, 0.3) is 5.78 Å². The van der Waals surface area contributed by atoms with Gasteiger partial charge < -0.3 is 9.47 Å². The molecule has 0 aliphatic carbocycles. The minimum Gasteiger partial charge on any atom is -0.339 e. The maximum absolute atomic E-state index is 13.0. The van der Waals surface area contributed by atoms with Crippen molar-refractivity contribution in [3.05, 3.63) is 42.0 Å². The summed E-state index contributed by atoms with van der Waals surface area (Å²) in [5.41, 5.74) is 1.88. The fraction of sp³-hybridized carbons (Fsp3) is 0.526. The van der Waals surface area contributed by atoms with Crippen LogP contribution in [0.15, 0.2) is 24.8 Å². The summed E-state index contributed by atoms with van der Waals surface area (Å²) in [6, 6.07) is 2.23. The molecule has 8 heteroatoms. The summed E-state index contributed by atoms with van der Waals surface area (Å²) in [6.45, 7) is 5.60. The predicted molar refractivity (Wildman–Crippen MR) is 100 cm³/mol. The molecule has 27 heavy (non-hydrogen) atoms. The maximum atomic E-state index is 13.0. The van der Waals surface area contributed by atoms with Gasteiger partial charge in [-0.15, -0.1) is 5.10 Å². The SMILES string of the molecule is Cc1cc(C)n2nc(CC(=O)N3CCCC[C@H]3CCn3ccnc3)nc2n1. The fourth-order valence-corrected chi connectivity index (χ4v) is 3.87. The lowest BCUT2D eigenvalue weighted by atomic mass is 9.98. The van der Waals surface area contributed by atoms with Crippen LogP contribution in [0, 0.1) is 13.8 Å². The van der Waals surface area contributed by atoms with Crippen LogP contribution in [0.4, 0.5) is 0 Å². The summed E-state index contributed by atoms with van der Waals surface area (Å²) < 4.78 is 3.78. The van der Waals surface area contributed by atoms with Crippen molar-refractivity contribution in [2.24, 2.45) is 0 Å². The summed E-state index contributed by atoms with van der Waals surface area (Å²) in [4.78, 5) is 27.9. The van der Waals surface area contributed by atoms with Crippen molar-refractivity contribution in [1.29, 1.82) is 0 Å². The van der Waals surface area contributed by atoms with E-state index in [4.69, 9.17) is 0 Å². The third-order valence-corrected chi connectivity index (χ3v) is 5.20. The molecular weight excluding hydrogens is 342 g/mol. The lowest BCUT2D eigenvalue weighted by Crippen LogP contribution is -2.45. The van der Waals surface area contributed by atoms with Gasteiger partial charge in [0, 0.05) is 42.9 Å². The van der Waals surface area contributed by atoms with Gasteiger partial charge in [-0.3, -0.25) is 4.79 Å². The number of rotatable bonds is 5. The summed E-state index contributed by atoms with van der Waals surface area (Å²) in [7, 11) is 0. The van der Waals surface area contributed by atoms with E-state index < -0.39 is 0 Å². The van der Waals surface area contributed by atoms with Gasteiger partial charge in [-0.25, -0.2) is 14.5 Å². The van der Waals surface area contributed by atoms with Crippen molar-refractivity contribution in [2.75, 3.05) is 6.54 Å². The van der Waals surface area contributed by atoms with E-state index in [1.54, 1.807) is 10.7 Å². The molecule has 3 aromatic heterocycles. The molecule has 142 valence electrons. The van der Waals surface area contributed by atoms with Gasteiger partial charge in [0.05, 0.1) is 12.7 Å². The smallest absolute Gasteiger partial charge is 0.252 e. The Hall–Kier alpha value is -2.77. The Morgan fingerprint density at radius 3 is 2.96 bits per heavy atom. The van der Waals surface area contributed by atoms with Crippen molar-refractivity contribution in [3.8, 4) is 0 Å². The Morgan fingerprint density at radius 2 is 2.15 bits per heavy atom. The first kappa shape index (κ1) is 17.6. The molecule has 1 fully saturated rings. The van der Waals surface area contributed by atoms with Gasteiger partial charge in [-0.2, -0.15) is 4.98 Å². The fourth-order valence-electron chi connectivity index (χ4n) is 3.87. The van der Waals surface area contributed by atoms with Crippen LogP contribution >= 0.6 is 0 Å². The molecule has 3 aromatic rings. The van der Waals surface area contributed by atoms with Crippen LogP contribution in [-0.4, -0.2) is 52.5 Å². The minimum absolute atomic E-state index is 0.107. The standard InChI is InChI=1S/C19H25N7O/c1-14-11-15(2)26-19(21-14)22-17(23-26)12-18(27)25-8-4-3-5-16(25)6-9-24-10-7-20-13-24/h7,10-11,13,16H,3-6,8-9,12H2,1-2H3/t16-/m0/s1. The summed E-state index contributed by atoms with van der Waals surface area (Å²) in [5.74, 6) is 1.21. The molecule has 4 rings (SSSR count). The maximum Gasteiger partial charge on any atom is 0.252 e. The first-order valence-corrected chi connectivity index (χ1v) is 9.55. The van der Waals surface area contributed by atoms with E-state index in [1.165, 1.54) is 6.42 Å². The molecule has 0 spiro atoms. The van der Waals surface area contributed by atoms with Gasteiger partial charge in [0.2, 0.25) is 5.91 Å². The summed E-state index contributed by atoms with van der Waals surface area (Å²) >= 11 is 0. The van der Waals surface area contributed by atoms with Crippen molar-refractivity contribution < 1.29 is 4.79 Å². The Balaban J connectivity index is 1.46. The highest BCUT2D eigenvalue weighted by atomic mass is 16.2. The van der Waals surface area contributed by atoms with Gasteiger partial charge >= 0.3 is 0 Å². The molecule has 0 unspecified atom stereocenters. The molecule has 4 heterocycles. The van der Waals surface area contributed by atoms with Gasteiger partial charge in [0.15, 0.2) is 5.82 Å². The topological polar surface area (TPSA) is 81.2 Å². The monoisotopic (exact) mass is 367 g/mol. The number of piperidine rings is 1. The quantitative estimate of drug-likeness (QED) is 0.688. The highest BCUT2D eigenvalue weighted by molar-refractivity contribution is 5.78. The average molecular weight is 367 g/mol. The normalized spacial score (nSPS) is 17.6. The number of hydrogen-bond acceptors (Lipinski definition) is 5. The zero-order valence-corrected chi connectivity index (χ0v) is 15.9. The highest BCUT2D eigenvalue weighted by Gasteiger charge is 2.27. The molecule has 1 aliphatic rings. The zero-order valence-electron chi connectivity index (χ0n) is 15.9. The first-order valence-electron chi connectivity index (χ1n) is 9.55. The van der Waals surface area contributed by atoms with Crippen LogP contribution in [-0.2, 0) is 17.8 Å². The van der Waals surface area contributed by atoms with Gasteiger partial charge in [-0.1, -0.05) is 0 Å². The number of carbonyl (C=O) groups excluding carboxylic acids is 1. The van der Waals surface area contributed by atoms with Crippen LogP contribution in [0.5, 0.6) is 0 Å². The number of hydrogen-bond donors (Lipinski definition) is 0. The van der Waals surface area contributed by atoms with E-state index in [0.29, 0.717) is 11.6 Å². The Bertz CT molecular complexity index is 931.